The molecule has 0 aromatic heterocycles. The van der Waals surface area contributed by atoms with E-state index in [1.165, 1.54) is 49.0 Å². The molecule has 1 saturated carbocycles. The van der Waals surface area contributed by atoms with Crippen LogP contribution in [0.25, 0.3) is 0 Å². The highest BCUT2D eigenvalue weighted by Crippen LogP contribution is 2.44. The number of nitrogens with one attached hydrogen (secondary N) is 2. The van der Waals surface area contributed by atoms with Gasteiger partial charge in [0.05, 0.1) is 0 Å². The fourth-order valence-electron chi connectivity index (χ4n) is 2.64. The molecule has 1 aromatic rings. The van der Waals surface area contributed by atoms with E-state index in [2.05, 4.69) is 35.8 Å². The molecule has 0 saturated heterocycles. The van der Waals surface area contributed by atoms with Crippen molar-refractivity contribution in [2.45, 2.75) is 39.2 Å². The van der Waals surface area contributed by atoms with Gasteiger partial charge in [0, 0.05) is 25.3 Å². The molecule has 3 rings (SSSR count). The highest BCUT2D eigenvalue weighted by atomic mass is 14.9. The molecule has 0 radical (unpaired) electrons. The summed E-state index contributed by atoms with van der Waals surface area (Å²) in [5, 5.41) is 7.12. The summed E-state index contributed by atoms with van der Waals surface area (Å²) in [5.74, 6) is 0. The second kappa shape index (κ2) is 4.34. The fourth-order valence-corrected chi connectivity index (χ4v) is 2.64. The zero-order valence-corrected chi connectivity index (χ0v) is 10.7. The van der Waals surface area contributed by atoms with E-state index in [-0.39, 0.29) is 0 Å². The third-order valence-electron chi connectivity index (χ3n) is 4.16. The molecule has 0 spiro atoms. The lowest BCUT2D eigenvalue weighted by atomic mass is 9.97. The molecule has 17 heavy (non-hydrogen) atoms. The van der Waals surface area contributed by atoms with Crippen molar-refractivity contribution in [3.63, 3.8) is 0 Å². The van der Waals surface area contributed by atoms with E-state index >= 15 is 0 Å². The summed E-state index contributed by atoms with van der Waals surface area (Å²) in [4.78, 5) is 0. The molecule has 2 N–H and O–H groups in total. The van der Waals surface area contributed by atoms with Gasteiger partial charge in [-0.3, -0.25) is 0 Å². The lowest BCUT2D eigenvalue weighted by Crippen LogP contribution is -2.23. The minimum atomic E-state index is 0.604. The summed E-state index contributed by atoms with van der Waals surface area (Å²) in [6.45, 7) is 5.70. The Morgan fingerprint density at radius 1 is 1.35 bits per heavy atom. The topological polar surface area (TPSA) is 24.1 Å². The SMILES string of the molecule is CC1(CNCc2cccc3c2CCCN3)CC1. The maximum absolute atomic E-state index is 3.63. The zero-order valence-electron chi connectivity index (χ0n) is 10.7. The molecular formula is C15H22N2. The second-order valence-corrected chi connectivity index (χ2v) is 5.89. The van der Waals surface area contributed by atoms with Crippen molar-refractivity contribution in [2.75, 3.05) is 18.4 Å². The third kappa shape index (κ3) is 2.47. The Bertz CT molecular complexity index is 407. The van der Waals surface area contributed by atoms with Gasteiger partial charge in [-0.2, -0.15) is 0 Å². The Morgan fingerprint density at radius 2 is 2.24 bits per heavy atom. The van der Waals surface area contributed by atoms with Crippen molar-refractivity contribution >= 4 is 5.69 Å². The first-order valence-corrected chi connectivity index (χ1v) is 6.82. The number of rotatable bonds is 4. The average molecular weight is 230 g/mol. The van der Waals surface area contributed by atoms with Crippen LogP contribution in [0.1, 0.15) is 37.3 Å². The molecule has 1 aromatic carbocycles. The molecule has 0 amide bonds. The average Bonchev–Trinajstić information content (AvgIpc) is 3.08. The van der Waals surface area contributed by atoms with E-state index in [0.717, 1.165) is 13.1 Å². The lowest BCUT2D eigenvalue weighted by Gasteiger charge is -2.21. The Morgan fingerprint density at radius 3 is 3.06 bits per heavy atom. The van der Waals surface area contributed by atoms with Crippen LogP contribution >= 0.6 is 0 Å². The number of hydrogen-bond donors (Lipinski definition) is 2. The predicted octanol–water partition coefficient (Wildman–Crippen LogP) is 2.93. The summed E-state index contributed by atoms with van der Waals surface area (Å²) >= 11 is 0. The molecule has 1 fully saturated rings. The van der Waals surface area contributed by atoms with Crippen LogP contribution in [0.3, 0.4) is 0 Å². The van der Waals surface area contributed by atoms with Gasteiger partial charge in [0.2, 0.25) is 0 Å². The summed E-state index contributed by atoms with van der Waals surface area (Å²) in [7, 11) is 0. The van der Waals surface area contributed by atoms with Gasteiger partial charge in [0.15, 0.2) is 0 Å². The van der Waals surface area contributed by atoms with Gasteiger partial charge in [-0.25, -0.2) is 0 Å². The molecular weight excluding hydrogens is 208 g/mol. The van der Waals surface area contributed by atoms with Crippen LogP contribution in [0, 0.1) is 5.41 Å². The first kappa shape index (κ1) is 11.1. The molecule has 0 unspecified atom stereocenters. The Labute approximate surface area is 104 Å². The van der Waals surface area contributed by atoms with E-state index in [1.807, 2.05) is 0 Å². The third-order valence-corrected chi connectivity index (χ3v) is 4.16. The molecule has 1 aliphatic heterocycles. The van der Waals surface area contributed by atoms with Crippen molar-refractivity contribution in [1.29, 1.82) is 0 Å². The van der Waals surface area contributed by atoms with Crippen LogP contribution in [-0.2, 0) is 13.0 Å². The van der Waals surface area contributed by atoms with Crippen molar-refractivity contribution in [1.82, 2.24) is 5.32 Å². The molecule has 1 aliphatic carbocycles. The largest absolute Gasteiger partial charge is 0.385 e. The number of anilines is 1. The van der Waals surface area contributed by atoms with E-state index in [4.69, 9.17) is 0 Å². The smallest absolute Gasteiger partial charge is 0.0375 e. The Hall–Kier alpha value is -1.02. The fraction of sp³-hybridized carbons (Fsp3) is 0.600. The van der Waals surface area contributed by atoms with Crippen LogP contribution in [-0.4, -0.2) is 13.1 Å². The maximum atomic E-state index is 3.63. The zero-order chi connectivity index (χ0) is 11.7. The van der Waals surface area contributed by atoms with Crippen LogP contribution in [0.15, 0.2) is 18.2 Å². The minimum absolute atomic E-state index is 0.604. The van der Waals surface area contributed by atoms with Crippen molar-refractivity contribution < 1.29 is 0 Å². The predicted molar refractivity (Wildman–Crippen MR) is 72.3 cm³/mol. The summed E-state index contributed by atoms with van der Waals surface area (Å²) in [6, 6.07) is 6.65. The van der Waals surface area contributed by atoms with E-state index < -0.39 is 0 Å². The molecule has 2 aliphatic rings. The van der Waals surface area contributed by atoms with Gasteiger partial charge >= 0.3 is 0 Å². The lowest BCUT2D eigenvalue weighted by molar-refractivity contribution is 0.498. The van der Waals surface area contributed by atoms with Gasteiger partial charge < -0.3 is 10.6 Å². The Balaban J connectivity index is 1.65. The number of benzene rings is 1. The van der Waals surface area contributed by atoms with Crippen molar-refractivity contribution in [3.8, 4) is 0 Å². The highest BCUT2D eigenvalue weighted by Gasteiger charge is 2.36. The van der Waals surface area contributed by atoms with Crippen LogP contribution in [0.5, 0.6) is 0 Å². The maximum Gasteiger partial charge on any atom is 0.0375 e. The van der Waals surface area contributed by atoms with Crippen LogP contribution in [0.4, 0.5) is 5.69 Å². The van der Waals surface area contributed by atoms with Gasteiger partial charge in [-0.15, -0.1) is 0 Å². The summed E-state index contributed by atoms with van der Waals surface area (Å²) in [6.07, 6.45) is 5.29. The first-order valence-electron chi connectivity index (χ1n) is 6.82. The van der Waals surface area contributed by atoms with Gasteiger partial charge in [0.1, 0.15) is 0 Å². The number of hydrogen-bond acceptors (Lipinski definition) is 2. The molecule has 1 heterocycles. The highest BCUT2D eigenvalue weighted by molar-refractivity contribution is 5.56. The van der Waals surface area contributed by atoms with E-state index in [0.29, 0.717) is 5.41 Å². The molecule has 92 valence electrons. The second-order valence-electron chi connectivity index (χ2n) is 5.89. The minimum Gasteiger partial charge on any atom is -0.385 e. The van der Waals surface area contributed by atoms with Gasteiger partial charge in [0.25, 0.3) is 0 Å². The Kier molecular flexibility index (Phi) is 2.83. The quantitative estimate of drug-likeness (QED) is 0.831. The molecule has 2 nitrogen and oxygen atoms in total. The van der Waals surface area contributed by atoms with Crippen molar-refractivity contribution in [3.05, 3.63) is 29.3 Å². The normalized spacial score (nSPS) is 20.5. The molecule has 0 bridgehead atoms. The van der Waals surface area contributed by atoms with Crippen LogP contribution < -0.4 is 10.6 Å². The summed E-state index contributed by atoms with van der Waals surface area (Å²) < 4.78 is 0. The van der Waals surface area contributed by atoms with Crippen molar-refractivity contribution in [2.24, 2.45) is 5.41 Å². The first-order chi connectivity index (χ1) is 8.27. The van der Waals surface area contributed by atoms with E-state index in [9.17, 15) is 0 Å². The van der Waals surface area contributed by atoms with Gasteiger partial charge in [-0.05, 0) is 48.3 Å². The van der Waals surface area contributed by atoms with Gasteiger partial charge in [-0.1, -0.05) is 19.1 Å². The standard InChI is InChI=1S/C15H22N2/c1-15(7-8-15)11-16-10-12-4-2-6-14-13(12)5-3-9-17-14/h2,4,6,16-17H,3,5,7-11H2,1H3. The molecule has 0 atom stereocenters. The monoisotopic (exact) mass is 230 g/mol. The summed E-state index contributed by atoms with van der Waals surface area (Å²) in [5.41, 5.74) is 4.98. The van der Waals surface area contributed by atoms with Crippen LogP contribution in [0.2, 0.25) is 0 Å². The molecule has 2 heteroatoms. The van der Waals surface area contributed by atoms with E-state index in [1.54, 1.807) is 0 Å². The number of fused-ring (bicyclic) bond motifs is 1.